The maximum Gasteiger partial charge on any atom is 0.272 e. The standard InChI is InChI=1S/C23H20Cl2N6OS/c1-13-10-27-15(11-26-13)12-28-23(33)30-21-22(32)31(2)19-8-7-14(24)9-17(19)20(29-21)16-5-3-4-6-18(16)25/h3-11,21H,12H2,1-2H3,(H2,28,30,33). The van der Waals surface area contributed by atoms with E-state index in [9.17, 15) is 4.79 Å². The molecule has 10 heteroatoms. The highest BCUT2D eigenvalue weighted by molar-refractivity contribution is 7.80. The average molecular weight is 499 g/mol. The molecule has 2 heterocycles. The number of nitrogens with one attached hydrogen (secondary N) is 2. The van der Waals surface area contributed by atoms with Crippen molar-refractivity contribution in [3.05, 3.63) is 87.4 Å². The SMILES string of the molecule is Cc1cnc(CNC(=S)NC2N=C(c3ccccc3Cl)c3cc(Cl)ccc3N(C)C2=O)cn1. The van der Waals surface area contributed by atoms with Crippen molar-refractivity contribution in [2.45, 2.75) is 19.6 Å². The van der Waals surface area contributed by atoms with Crippen molar-refractivity contribution < 1.29 is 4.79 Å². The van der Waals surface area contributed by atoms with E-state index in [2.05, 4.69) is 20.6 Å². The van der Waals surface area contributed by atoms with Gasteiger partial charge in [-0.15, -0.1) is 0 Å². The van der Waals surface area contributed by atoms with Gasteiger partial charge in [0.05, 0.1) is 35.5 Å². The highest BCUT2D eigenvalue weighted by atomic mass is 35.5. The lowest BCUT2D eigenvalue weighted by Crippen LogP contribution is -2.49. The minimum Gasteiger partial charge on any atom is -0.357 e. The Labute approximate surface area is 206 Å². The van der Waals surface area contributed by atoms with Gasteiger partial charge in [-0.1, -0.05) is 41.4 Å². The van der Waals surface area contributed by atoms with Crippen molar-refractivity contribution in [3.8, 4) is 0 Å². The van der Waals surface area contributed by atoms with Crippen molar-refractivity contribution >= 4 is 57.8 Å². The Morgan fingerprint density at radius 3 is 2.64 bits per heavy atom. The van der Waals surface area contributed by atoms with E-state index in [0.717, 1.165) is 11.4 Å². The van der Waals surface area contributed by atoms with E-state index in [1.165, 1.54) is 4.90 Å². The molecule has 2 aromatic carbocycles. The number of thiocarbonyl (C=S) groups is 1. The van der Waals surface area contributed by atoms with Crippen LogP contribution in [0.15, 0.2) is 59.9 Å². The summed E-state index contributed by atoms with van der Waals surface area (Å²) in [6.07, 6.45) is 2.38. The van der Waals surface area contributed by atoms with Crippen LogP contribution in [0, 0.1) is 6.92 Å². The largest absolute Gasteiger partial charge is 0.357 e. The molecule has 0 fully saturated rings. The Hall–Kier alpha value is -3.07. The number of benzodiazepines with no additional fused rings is 1. The fraction of sp³-hybridized carbons (Fsp3) is 0.174. The van der Waals surface area contributed by atoms with Crippen LogP contribution >= 0.6 is 35.4 Å². The monoisotopic (exact) mass is 498 g/mol. The molecule has 0 bridgehead atoms. The Bertz CT molecular complexity index is 1250. The number of anilines is 1. The number of aliphatic imine (C=N–C) groups is 1. The van der Waals surface area contributed by atoms with E-state index in [-0.39, 0.29) is 11.0 Å². The summed E-state index contributed by atoms with van der Waals surface area (Å²) in [5, 5.41) is 7.35. The zero-order valence-electron chi connectivity index (χ0n) is 17.8. The lowest BCUT2D eigenvalue weighted by atomic mass is 10.00. The lowest BCUT2D eigenvalue weighted by Gasteiger charge is -2.22. The Kier molecular flexibility index (Phi) is 6.88. The van der Waals surface area contributed by atoms with E-state index in [1.54, 1.807) is 43.7 Å². The quantitative estimate of drug-likeness (QED) is 0.530. The van der Waals surface area contributed by atoms with Gasteiger partial charge >= 0.3 is 0 Å². The number of carbonyl (C=O) groups excluding carboxylic acids is 1. The van der Waals surface area contributed by atoms with Gasteiger partial charge in [0, 0.05) is 34.4 Å². The molecule has 7 nitrogen and oxygen atoms in total. The van der Waals surface area contributed by atoms with Crippen LogP contribution in [-0.4, -0.2) is 39.9 Å². The van der Waals surface area contributed by atoms with E-state index in [0.29, 0.717) is 39.1 Å². The van der Waals surface area contributed by atoms with Gasteiger partial charge in [-0.3, -0.25) is 14.8 Å². The summed E-state index contributed by atoms with van der Waals surface area (Å²) in [5.74, 6) is -0.278. The fourth-order valence-corrected chi connectivity index (χ4v) is 3.95. The van der Waals surface area contributed by atoms with Gasteiger partial charge in [-0.05, 0) is 43.4 Å². The Balaban J connectivity index is 1.66. The van der Waals surface area contributed by atoms with Gasteiger partial charge in [0.1, 0.15) is 0 Å². The summed E-state index contributed by atoms with van der Waals surface area (Å²) < 4.78 is 0. The number of nitrogens with zero attached hydrogens (tertiary/aromatic N) is 4. The van der Waals surface area contributed by atoms with E-state index >= 15 is 0 Å². The summed E-state index contributed by atoms with van der Waals surface area (Å²) in [6.45, 7) is 2.22. The smallest absolute Gasteiger partial charge is 0.272 e. The highest BCUT2D eigenvalue weighted by Gasteiger charge is 2.31. The third-order valence-corrected chi connectivity index (χ3v) is 5.89. The van der Waals surface area contributed by atoms with Crippen LogP contribution in [0.5, 0.6) is 0 Å². The van der Waals surface area contributed by atoms with Crippen molar-refractivity contribution in [2.24, 2.45) is 4.99 Å². The van der Waals surface area contributed by atoms with Gasteiger partial charge in [0.15, 0.2) is 5.11 Å². The molecule has 1 amide bonds. The molecule has 1 unspecified atom stereocenters. The van der Waals surface area contributed by atoms with Gasteiger partial charge in [0.2, 0.25) is 6.17 Å². The topological polar surface area (TPSA) is 82.5 Å². The Morgan fingerprint density at radius 2 is 1.91 bits per heavy atom. The number of halogens is 2. The molecule has 1 aromatic heterocycles. The molecule has 33 heavy (non-hydrogen) atoms. The van der Waals surface area contributed by atoms with Crippen molar-refractivity contribution in [2.75, 3.05) is 11.9 Å². The van der Waals surface area contributed by atoms with Crippen LogP contribution in [-0.2, 0) is 11.3 Å². The second-order valence-electron chi connectivity index (χ2n) is 7.39. The zero-order chi connectivity index (χ0) is 23.5. The Morgan fingerprint density at radius 1 is 1.12 bits per heavy atom. The molecule has 0 spiro atoms. The first-order valence-electron chi connectivity index (χ1n) is 10.1. The summed E-state index contributed by atoms with van der Waals surface area (Å²) in [7, 11) is 1.69. The minimum atomic E-state index is -0.975. The molecule has 1 aliphatic heterocycles. The number of amides is 1. The van der Waals surface area contributed by atoms with E-state index in [4.69, 9.17) is 40.4 Å². The molecule has 0 aliphatic carbocycles. The van der Waals surface area contributed by atoms with Gasteiger partial charge in [-0.25, -0.2) is 4.99 Å². The van der Waals surface area contributed by atoms with Crippen LogP contribution in [0.25, 0.3) is 0 Å². The first kappa shape index (κ1) is 23.1. The van der Waals surface area contributed by atoms with Crippen LogP contribution in [0.3, 0.4) is 0 Å². The predicted octanol–water partition coefficient (Wildman–Crippen LogP) is 3.90. The second-order valence-corrected chi connectivity index (χ2v) is 8.65. The number of rotatable bonds is 4. The number of aryl methyl sites for hydroxylation is 1. The average Bonchev–Trinajstić information content (AvgIpc) is 2.89. The summed E-state index contributed by atoms with van der Waals surface area (Å²) in [6, 6.07) is 12.6. The molecule has 4 rings (SSSR count). The number of hydrogen-bond acceptors (Lipinski definition) is 5. The second kappa shape index (κ2) is 9.82. The summed E-state index contributed by atoms with van der Waals surface area (Å²) in [4.78, 5) is 28.1. The van der Waals surface area contributed by atoms with E-state index in [1.807, 2.05) is 25.1 Å². The van der Waals surface area contributed by atoms with Crippen LogP contribution in [0.2, 0.25) is 10.0 Å². The molecule has 1 aliphatic rings. The molecule has 2 N–H and O–H groups in total. The third-order valence-electron chi connectivity index (χ3n) is 5.06. The molecule has 168 valence electrons. The predicted molar refractivity (Wildman–Crippen MR) is 135 cm³/mol. The molecule has 0 radical (unpaired) electrons. The molecule has 0 saturated carbocycles. The van der Waals surface area contributed by atoms with Crippen molar-refractivity contribution in [3.63, 3.8) is 0 Å². The molecular weight excluding hydrogens is 479 g/mol. The first-order chi connectivity index (χ1) is 15.8. The van der Waals surface area contributed by atoms with Gasteiger partial charge in [0.25, 0.3) is 5.91 Å². The van der Waals surface area contributed by atoms with Crippen LogP contribution < -0.4 is 15.5 Å². The number of likely N-dealkylation sites (N-methyl/N-ethyl adjacent to an activating group) is 1. The maximum atomic E-state index is 13.3. The van der Waals surface area contributed by atoms with Crippen LogP contribution in [0.4, 0.5) is 5.69 Å². The number of benzene rings is 2. The number of hydrogen-bond donors (Lipinski definition) is 2. The van der Waals surface area contributed by atoms with Crippen LogP contribution in [0.1, 0.15) is 22.5 Å². The molecular formula is C23H20Cl2N6OS. The highest BCUT2D eigenvalue weighted by Crippen LogP contribution is 2.31. The fourth-order valence-electron chi connectivity index (χ4n) is 3.36. The van der Waals surface area contributed by atoms with Gasteiger partial charge in [-0.2, -0.15) is 0 Å². The number of aromatic nitrogens is 2. The molecule has 1 atom stereocenters. The summed E-state index contributed by atoms with van der Waals surface area (Å²) >= 11 is 18.2. The number of fused-ring (bicyclic) bond motifs is 1. The van der Waals surface area contributed by atoms with Gasteiger partial charge < -0.3 is 15.5 Å². The lowest BCUT2D eigenvalue weighted by molar-refractivity contribution is -0.119. The maximum absolute atomic E-state index is 13.3. The molecule has 3 aromatic rings. The zero-order valence-corrected chi connectivity index (χ0v) is 20.2. The van der Waals surface area contributed by atoms with Crippen molar-refractivity contribution in [1.82, 2.24) is 20.6 Å². The first-order valence-corrected chi connectivity index (χ1v) is 11.2. The third kappa shape index (κ3) is 5.13. The van der Waals surface area contributed by atoms with E-state index < -0.39 is 6.17 Å². The minimum absolute atomic E-state index is 0.260. The number of carbonyl (C=O) groups is 1. The molecule has 0 saturated heterocycles. The normalized spacial score (nSPS) is 15.4. The summed E-state index contributed by atoms with van der Waals surface area (Å²) in [5.41, 5.74) is 4.14. The van der Waals surface area contributed by atoms with Crippen molar-refractivity contribution in [1.29, 1.82) is 0 Å².